The summed E-state index contributed by atoms with van der Waals surface area (Å²) in [6.07, 6.45) is 6.80. The van der Waals surface area contributed by atoms with Crippen LogP contribution in [0.2, 0.25) is 0 Å². The van der Waals surface area contributed by atoms with E-state index in [1.54, 1.807) is 13.3 Å². The topological polar surface area (TPSA) is 86.9 Å². The van der Waals surface area contributed by atoms with Crippen molar-refractivity contribution in [1.29, 1.82) is 0 Å². The molecule has 8 heteroatoms. The Bertz CT molecular complexity index is 701. The molecular weight excluding hydrogens is 447 g/mol. The van der Waals surface area contributed by atoms with Crippen LogP contribution >= 0.6 is 24.0 Å². The predicted octanol–water partition coefficient (Wildman–Crippen LogP) is 1.37. The molecule has 2 heterocycles. The number of carbonyl (C=O) groups excluding carboxylic acids is 2. The van der Waals surface area contributed by atoms with Crippen LogP contribution in [-0.2, 0) is 16.1 Å². The first-order valence-electron chi connectivity index (χ1n) is 8.69. The van der Waals surface area contributed by atoms with E-state index in [1.165, 1.54) is 4.90 Å². The van der Waals surface area contributed by atoms with Crippen molar-refractivity contribution in [1.82, 2.24) is 15.5 Å². The van der Waals surface area contributed by atoms with Gasteiger partial charge < -0.3 is 15.1 Å². The molecule has 1 saturated carbocycles. The minimum absolute atomic E-state index is 0. The third-order valence-electron chi connectivity index (χ3n) is 5.42. The maximum atomic E-state index is 12.6. The summed E-state index contributed by atoms with van der Waals surface area (Å²) in [5, 5.41) is 6.27. The number of hydrogen-bond acceptors (Lipinski definition) is 4. The quantitative estimate of drug-likeness (QED) is 0.223. The van der Waals surface area contributed by atoms with Gasteiger partial charge in [-0.2, -0.15) is 0 Å². The van der Waals surface area contributed by atoms with Gasteiger partial charge in [-0.05, 0) is 30.4 Å². The Morgan fingerprint density at radius 1 is 1.23 bits per heavy atom. The van der Waals surface area contributed by atoms with Crippen LogP contribution in [0.5, 0.6) is 0 Å². The van der Waals surface area contributed by atoms with Crippen molar-refractivity contribution in [2.75, 3.05) is 20.1 Å². The van der Waals surface area contributed by atoms with Gasteiger partial charge in [0.05, 0.1) is 24.6 Å². The van der Waals surface area contributed by atoms with Crippen molar-refractivity contribution in [3.8, 4) is 0 Å². The lowest BCUT2D eigenvalue weighted by atomic mass is 9.85. The van der Waals surface area contributed by atoms with Gasteiger partial charge in [0, 0.05) is 20.1 Å². The first-order chi connectivity index (χ1) is 12.2. The maximum absolute atomic E-state index is 12.6. The molecule has 1 saturated heterocycles. The fraction of sp³-hybridized carbons (Fsp3) is 0.500. The summed E-state index contributed by atoms with van der Waals surface area (Å²) in [4.78, 5) is 30.8. The van der Waals surface area contributed by atoms with Crippen LogP contribution in [0.1, 0.15) is 12.2 Å². The monoisotopic (exact) mass is 470 g/mol. The molecule has 1 aromatic heterocycles. The van der Waals surface area contributed by atoms with Crippen LogP contribution in [0.4, 0.5) is 0 Å². The van der Waals surface area contributed by atoms with Gasteiger partial charge in [-0.3, -0.25) is 19.5 Å². The number of nitrogens with one attached hydrogen (secondary N) is 2. The minimum Gasteiger partial charge on any atom is -0.467 e. The summed E-state index contributed by atoms with van der Waals surface area (Å²) in [6, 6.07) is 3.71. The SMILES string of the molecule is CN=C(NCCN1C(=O)C2C3C=CC(C3)C2C1=O)NCc1ccco1.I. The zero-order valence-corrected chi connectivity index (χ0v) is 16.9. The molecule has 0 spiro atoms. The molecule has 2 fully saturated rings. The van der Waals surface area contributed by atoms with E-state index in [9.17, 15) is 9.59 Å². The lowest BCUT2D eigenvalue weighted by molar-refractivity contribution is -0.140. The largest absolute Gasteiger partial charge is 0.467 e. The second-order valence-corrected chi connectivity index (χ2v) is 6.76. The molecule has 2 aliphatic carbocycles. The number of likely N-dealkylation sites (tertiary alicyclic amines) is 1. The highest BCUT2D eigenvalue weighted by molar-refractivity contribution is 14.0. The van der Waals surface area contributed by atoms with Gasteiger partial charge in [-0.15, -0.1) is 24.0 Å². The highest BCUT2D eigenvalue weighted by Crippen LogP contribution is 2.52. The molecular formula is C18H23IN4O3. The standard InChI is InChI=1S/C18H22N4O3.HI/c1-19-18(21-10-13-3-2-8-25-13)20-6-7-22-16(23)14-11-4-5-12(9-11)15(14)17(22)24;/h2-5,8,11-12,14-15H,6-7,9-10H2,1H3,(H2,19,20,21);1H. The van der Waals surface area contributed by atoms with Crippen LogP contribution in [0.15, 0.2) is 40.0 Å². The molecule has 0 aromatic carbocycles. The Morgan fingerprint density at radius 3 is 2.50 bits per heavy atom. The van der Waals surface area contributed by atoms with Gasteiger partial charge in [0.25, 0.3) is 0 Å². The minimum atomic E-state index is -0.126. The first kappa shape index (κ1) is 18.9. The van der Waals surface area contributed by atoms with Crippen LogP contribution in [0.25, 0.3) is 0 Å². The lowest BCUT2D eigenvalue weighted by Crippen LogP contribution is -2.43. The van der Waals surface area contributed by atoms with E-state index < -0.39 is 0 Å². The Balaban J connectivity index is 0.00000196. The van der Waals surface area contributed by atoms with Crippen molar-refractivity contribution in [2.24, 2.45) is 28.7 Å². The zero-order valence-electron chi connectivity index (χ0n) is 14.6. The molecule has 4 rings (SSSR count). The van der Waals surface area contributed by atoms with E-state index in [-0.39, 0.29) is 59.5 Å². The Morgan fingerprint density at radius 2 is 1.92 bits per heavy atom. The number of rotatable bonds is 5. The fourth-order valence-electron chi connectivity index (χ4n) is 4.28. The van der Waals surface area contributed by atoms with Gasteiger partial charge in [0.2, 0.25) is 11.8 Å². The van der Waals surface area contributed by atoms with Crippen LogP contribution < -0.4 is 10.6 Å². The van der Waals surface area contributed by atoms with Crippen molar-refractivity contribution >= 4 is 41.8 Å². The normalized spacial score (nSPS) is 29.1. The molecule has 0 radical (unpaired) electrons. The molecule has 4 unspecified atom stereocenters. The lowest BCUT2D eigenvalue weighted by Gasteiger charge is -2.18. The summed E-state index contributed by atoms with van der Waals surface area (Å²) < 4.78 is 5.26. The summed E-state index contributed by atoms with van der Waals surface area (Å²) in [6.45, 7) is 1.36. The number of fused-ring (bicyclic) bond motifs is 5. The molecule has 7 nitrogen and oxygen atoms in total. The Hall–Kier alpha value is -1.84. The third kappa shape index (κ3) is 3.26. The van der Waals surface area contributed by atoms with Gasteiger partial charge >= 0.3 is 0 Å². The Labute approximate surface area is 169 Å². The second-order valence-electron chi connectivity index (χ2n) is 6.76. The first-order valence-corrected chi connectivity index (χ1v) is 8.69. The molecule has 1 aromatic rings. The van der Waals surface area contributed by atoms with E-state index in [1.807, 2.05) is 12.1 Å². The van der Waals surface area contributed by atoms with Gasteiger partial charge in [-0.1, -0.05) is 12.2 Å². The highest BCUT2D eigenvalue weighted by atomic mass is 127. The van der Waals surface area contributed by atoms with Crippen LogP contribution in [0, 0.1) is 23.7 Å². The van der Waals surface area contributed by atoms with Gasteiger partial charge in [0.15, 0.2) is 5.96 Å². The van der Waals surface area contributed by atoms with E-state index in [0.29, 0.717) is 25.6 Å². The average molecular weight is 470 g/mol. The summed E-state index contributed by atoms with van der Waals surface area (Å²) in [5.41, 5.74) is 0. The van der Waals surface area contributed by atoms with Gasteiger partial charge in [0.1, 0.15) is 5.76 Å². The van der Waals surface area contributed by atoms with E-state index in [0.717, 1.165) is 12.2 Å². The maximum Gasteiger partial charge on any atom is 0.233 e. The van der Waals surface area contributed by atoms with Gasteiger partial charge in [-0.25, -0.2) is 0 Å². The van der Waals surface area contributed by atoms with E-state index in [4.69, 9.17) is 4.42 Å². The van der Waals surface area contributed by atoms with Crippen molar-refractivity contribution in [2.45, 2.75) is 13.0 Å². The number of aliphatic imine (C=N–C) groups is 1. The molecule has 1 aliphatic heterocycles. The Kier molecular flexibility index (Phi) is 5.69. The smallest absolute Gasteiger partial charge is 0.233 e. The van der Waals surface area contributed by atoms with Crippen molar-refractivity contribution in [3.05, 3.63) is 36.3 Å². The summed E-state index contributed by atoms with van der Waals surface area (Å²) in [5.74, 6) is 1.66. The number of carbonyl (C=O) groups is 2. The fourth-order valence-corrected chi connectivity index (χ4v) is 4.28. The van der Waals surface area contributed by atoms with Crippen molar-refractivity contribution < 1.29 is 14.0 Å². The third-order valence-corrected chi connectivity index (χ3v) is 5.42. The van der Waals surface area contributed by atoms with Crippen LogP contribution in [-0.4, -0.2) is 42.8 Å². The number of hydrogen-bond donors (Lipinski definition) is 2. The van der Waals surface area contributed by atoms with Crippen molar-refractivity contribution in [3.63, 3.8) is 0 Å². The summed E-state index contributed by atoms with van der Waals surface area (Å²) >= 11 is 0. The molecule has 140 valence electrons. The molecule has 3 aliphatic rings. The number of furan rings is 1. The zero-order chi connectivity index (χ0) is 17.4. The van der Waals surface area contributed by atoms with Crippen LogP contribution in [0.3, 0.4) is 0 Å². The van der Waals surface area contributed by atoms with E-state index in [2.05, 4.69) is 27.8 Å². The predicted molar refractivity (Wildman–Crippen MR) is 107 cm³/mol. The molecule has 2 N–H and O–H groups in total. The molecule has 4 atom stereocenters. The molecule has 26 heavy (non-hydrogen) atoms. The number of guanidine groups is 1. The number of nitrogens with zero attached hydrogens (tertiary/aromatic N) is 2. The number of allylic oxidation sites excluding steroid dienone is 2. The number of amides is 2. The average Bonchev–Trinajstić information content (AvgIpc) is 3.38. The molecule has 2 bridgehead atoms. The van der Waals surface area contributed by atoms with E-state index >= 15 is 0 Å². The second kappa shape index (κ2) is 7.81. The molecule has 2 amide bonds. The highest BCUT2D eigenvalue weighted by Gasteiger charge is 2.58. The number of imide groups is 1. The number of halogens is 1. The summed E-state index contributed by atoms with van der Waals surface area (Å²) in [7, 11) is 1.68.